The lowest BCUT2D eigenvalue weighted by Gasteiger charge is -2.38. The Hall–Kier alpha value is -3.21. The van der Waals surface area contributed by atoms with E-state index in [1.807, 2.05) is 43.3 Å². The van der Waals surface area contributed by atoms with E-state index in [1.54, 1.807) is 14.2 Å². The molecule has 0 spiro atoms. The first-order valence-electron chi connectivity index (χ1n) is 12.3. The maximum Gasteiger partial charge on any atom is 0.313 e. The molecule has 1 heterocycles. The van der Waals surface area contributed by atoms with E-state index >= 15 is 0 Å². The predicted molar refractivity (Wildman–Crippen MR) is 139 cm³/mol. The van der Waals surface area contributed by atoms with E-state index in [1.165, 1.54) is 5.56 Å². The van der Waals surface area contributed by atoms with Crippen molar-refractivity contribution in [3.8, 4) is 17.2 Å². The van der Waals surface area contributed by atoms with Crippen molar-refractivity contribution >= 4 is 16.7 Å². The predicted octanol–water partition coefficient (Wildman–Crippen LogP) is 6.60. The van der Waals surface area contributed by atoms with Crippen molar-refractivity contribution in [3.63, 3.8) is 0 Å². The van der Waals surface area contributed by atoms with Gasteiger partial charge in [0, 0.05) is 12.0 Å². The summed E-state index contributed by atoms with van der Waals surface area (Å²) in [7, 11) is 3.38. The number of carbonyl (C=O) groups excluding carboxylic acids is 1. The van der Waals surface area contributed by atoms with Crippen molar-refractivity contribution in [2.24, 2.45) is 0 Å². The SMILES string of the molecule is COc1ccc2cc([C@H](C)C(=O)OCCC3(C)CCc4c(C)c(OC)c(C)c(C)c4O3)ccc2c1. The van der Waals surface area contributed by atoms with Gasteiger partial charge in [0.25, 0.3) is 0 Å². The van der Waals surface area contributed by atoms with E-state index in [0.717, 1.165) is 63.1 Å². The molecule has 1 aliphatic rings. The number of benzene rings is 3. The maximum absolute atomic E-state index is 12.8. The molecule has 0 fully saturated rings. The Kier molecular flexibility index (Phi) is 6.98. The molecule has 5 heteroatoms. The zero-order valence-corrected chi connectivity index (χ0v) is 21.9. The Morgan fingerprint density at radius 3 is 2.43 bits per heavy atom. The topological polar surface area (TPSA) is 54.0 Å². The summed E-state index contributed by atoms with van der Waals surface area (Å²) >= 11 is 0. The van der Waals surface area contributed by atoms with Crippen LogP contribution in [0.4, 0.5) is 0 Å². The molecule has 35 heavy (non-hydrogen) atoms. The van der Waals surface area contributed by atoms with Crippen LogP contribution in [-0.2, 0) is 16.0 Å². The normalized spacial score (nSPS) is 17.9. The molecule has 186 valence electrons. The summed E-state index contributed by atoms with van der Waals surface area (Å²) in [5.41, 5.74) is 5.17. The third kappa shape index (κ3) is 4.82. The van der Waals surface area contributed by atoms with Gasteiger partial charge in [-0.05, 0) is 92.6 Å². The van der Waals surface area contributed by atoms with Crippen LogP contribution < -0.4 is 14.2 Å². The Balaban J connectivity index is 1.40. The van der Waals surface area contributed by atoms with Gasteiger partial charge < -0.3 is 18.9 Å². The summed E-state index contributed by atoms with van der Waals surface area (Å²) in [6.45, 7) is 10.6. The van der Waals surface area contributed by atoms with E-state index in [2.05, 4.69) is 27.7 Å². The molecule has 1 aliphatic heterocycles. The van der Waals surface area contributed by atoms with Gasteiger partial charge in [-0.1, -0.05) is 24.3 Å². The molecule has 1 unspecified atom stereocenters. The van der Waals surface area contributed by atoms with Crippen molar-refractivity contribution in [2.75, 3.05) is 20.8 Å². The number of esters is 1. The van der Waals surface area contributed by atoms with Gasteiger partial charge in [0.2, 0.25) is 0 Å². The fourth-order valence-electron chi connectivity index (χ4n) is 5.03. The molecular formula is C30H36O5. The minimum Gasteiger partial charge on any atom is -0.497 e. The largest absolute Gasteiger partial charge is 0.497 e. The lowest BCUT2D eigenvalue weighted by atomic mass is 9.86. The van der Waals surface area contributed by atoms with Gasteiger partial charge >= 0.3 is 5.97 Å². The summed E-state index contributed by atoms with van der Waals surface area (Å²) in [6, 6.07) is 12.0. The lowest BCUT2D eigenvalue weighted by Crippen LogP contribution is -2.38. The van der Waals surface area contributed by atoms with E-state index in [0.29, 0.717) is 13.0 Å². The molecule has 5 nitrogen and oxygen atoms in total. The van der Waals surface area contributed by atoms with E-state index in [4.69, 9.17) is 18.9 Å². The Morgan fingerprint density at radius 1 is 1.00 bits per heavy atom. The first-order valence-corrected chi connectivity index (χ1v) is 12.3. The van der Waals surface area contributed by atoms with Gasteiger partial charge in [-0.25, -0.2) is 0 Å². The highest BCUT2D eigenvalue weighted by molar-refractivity contribution is 5.86. The van der Waals surface area contributed by atoms with Crippen molar-refractivity contribution in [1.29, 1.82) is 0 Å². The first-order chi connectivity index (χ1) is 16.7. The fraction of sp³-hybridized carbons (Fsp3) is 0.433. The van der Waals surface area contributed by atoms with Crippen LogP contribution in [0.2, 0.25) is 0 Å². The average Bonchev–Trinajstić information content (AvgIpc) is 2.86. The van der Waals surface area contributed by atoms with Gasteiger partial charge in [-0.2, -0.15) is 0 Å². The summed E-state index contributed by atoms with van der Waals surface area (Å²) in [6.07, 6.45) is 2.43. The van der Waals surface area contributed by atoms with E-state index in [9.17, 15) is 4.79 Å². The zero-order chi connectivity index (χ0) is 25.3. The van der Waals surface area contributed by atoms with Crippen molar-refractivity contribution in [2.45, 2.75) is 65.4 Å². The Labute approximate surface area is 208 Å². The molecule has 0 saturated heterocycles. The molecule has 0 amide bonds. The summed E-state index contributed by atoms with van der Waals surface area (Å²) < 4.78 is 23.2. The molecule has 3 aromatic carbocycles. The number of fused-ring (bicyclic) bond motifs is 2. The number of carbonyl (C=O) groups is 1. The highest BCUT2D eigenvalue weighted by atomic mass is 16.5. The summed E-state index contributed by atoms with van der Waals surface area (Å²) in [4.78, 5) is 12.8. The van der Waals surface area contributed by atoms with Crippen LogP contribution in [0.3, 0.4) is 0 Å². The van der Waals surface area contributed by atoms with Crippen LogP contribution in [0.15, 0.2) is 36.4 Å². The first kappa shape index (κ1) is 24.9. The minimum absolute atomic E-state index is 0.217. The minimum atomic E-state index is -0.378. The molecule has 0 N–H and O–H groups in total. The van der Waals surface area contributed by atoms with Gasteiger partial charge in [0.1, 0.15) is 22.8 Å². The number of hydrogen-bond donors (Lipinski definition) is 0. The second kappa shape index (κ2) is 9.80. The number of methoxy groups -OCH3 is 2. The van der Waals surface area contributed by atoms with Crippen molar-refractivity contribution < 1.29 is 23.7 Å². The third-order valence-electron chi connectivity index (χ3n) is 7.57. The third-order valence-corrected chi connectivity index (χ3v) is 7.57. The number of ether oxygens (including phenoxy) is 4. The molecule has 3 aromatic rings. The molecule has 0 saturated carbocycles. The number of hydrogen-bond acceptors (Lipinski definition) is 5. The Bertz CT molecular complexity index is 1260. The molecule has 0 aliphatic carbocycles. The summed E-state index contributed by atoms with van der Waals surface area (Å²) in [5.74, 6) is 2.16. The number of rotatable bonds is 7. The van der Waals surface area contributed by atoms with Gasteiger partial charge in [-0.15, -0.1) is 0 Å². The lowest BCUT2D eigenvalue weighted by molar-refractivity contribution is -0.146. The van der Waals surface area contributed by atoms with Gasteiger partial charge in [0.15, 0.2) is 0 Å². The van der Waals surface area contributed by atoms with Crippen LogP contribution in [0, 0.1) is 20.8 Å². The van der Waals surface area contributed by atoms with Gasteiger partial charge in [-0.3, -0.25) is 4.79 Å². The molecule has 2 atom stereocenters. The zero-order valence-electron chi connectivity index (χ0n) is 21.9. The van der Waals surface area contributed by atoms with Crippen LogP contribution in [0.1, 0.15) is 60.4 Å². The maximum atomic E-state index is 12.8. The summed E-state index contributed by atoms with van der Waals surface area (Å²) in [5, 5.41) is 2.15. The van der Waals surface area contributed by atoms with Crippen LogP contribution in [0.5, 0.6) is 17.2 Å². The Morgan fingerprint density at radius 2 is 1.71 bits per heavy atom. The monoisotopic (exact) mass is 476 g/mol. The van der Waals surface area contributed by atoms with Crippen LogP contribution in [-0.4, -0.2) is 32.4 Å². The standard InChI is InChI=1S/C30H36O5/c1-18-19(2)28-26(21(4)27(18)33-7)12-13-30(5,35-28)14-15-34-29(31)20(3)22-8-9-24-17-25(32-6)11-10-23(24)16-22/h8-11,16-17,20H,12-15H2,1-7H3/t20-,30?/m0/s1. The van der Waals surface area contributed by atoms with Crippen molar-refractivity contribution in [3.05, 3.63) is 64.2 Å². The highest BCUT2D eigenvalue weighted by Gasteiger charge is 2.35. The fourth-order valence-corrected chi connectivity index (χ4v) is 5.03. The van der Waals surface area contributed by atoms with Crippen LogP contribution in [0.25, 0.3) is 10.8 Å². The highest BCUT2D eigenvalue weighted by Crippen LogP contribution is 2.44. The quantitative estimate of drug-likeness (QED) is 0.360. The molecule has 0 radical (unpaired) electrons. The van der Waals surface area contributed by atoms with Crippen LogP contribution >= 0.6 is 0 Å². The molecule has 4 rings (SSSR count). The molecule has 0 bridgehead atoms. The van der Waals surface area contributed by atoms with E-state index < -0.39 is 0 Å². The van der Waals surface area contributed by atoms with Crippen molar-refractivity contribution in [1.82, 2.24) is 0 Å². The molecule has 0 aromatic heterocycles. The smallest absolute Gasteiger partial charge is 0.313 e. The van der Waals surface area contributed by atoms with Gasteiger partial charge in [0.05, 0.1) is 26.7 Å². The van der Waals surface area contributed by atoms with E-state index in [-0.39, 0.29) is 17.5 Å². The average molecular weight is 477 g/mol. The second-order valence-electron chi connectivity index (χ2n) is 9.88. The molecular weight excluding hydrogens is 440 g/mol. The second-order valence-corrected chi connectivity index (χ2v) is 9.88.